The van der Waals surface area contributed by atoms with E-state index in [-0.39, 0.29) is 19.7 Å². The molecule has 0 radical (unpaired) electrons. The number of hydrogen-bond donors (Lipinski definition) is 2. The quantitative estimate of drug-likeness (QED) is 0.687. The average Bonchev–Trinajstić information content (AvgIpc) is 2.86. The van der Waals surface area contributed by atoms with E-state index in [9.17, 15) is 19.2 Å². The van der Waals surface area contributed by atoms with Crippen molar-refractivity contribution in [2.24, 2.45) is 5.73 Å². The van der Waals surface area contributed by atoms with E-state index in [0.29, 0.717) is 5.56 Å². The Labute approximate surface area is 156 Å². The summed E-state index contributed by atoms with van der Waals surface area (Å²) in [6.07, 6.45) is -0.886. The summed E-state index contributed by atoms with van der Waals surface area (Å²) in [4.78, 5) is 51.3. The number of nitrogens with zero attached hydrogens (tertiary/aromatic N) is 2. The minimum atomic E-state index is -1.23. The molecule has 2 fully saturated rings. The number of benzene rings is 1. The Kier molecular flexibility index (Phi) is 4.88. The Hall–Kier alpha value is -2.94. The van der Waals surface area contributed by atoms with Gasteiger partial charge in [0.25, 0.3) is 5.91 Å². The first-order chi connectivity index (χ1) is 12.7. The summed E-state index contributed by atoms with van der Waals surface area (Å²) in [6.45, 7) is 3.57. The molecule has 2 aliphatic heterocycles. The van der Waals surface area contributed by atoms with Gasteiger partial charge in [0.05, 0.1) is 13.2 Å². The second kappa shape index (κ2) is 6.99. The Morgan fingerprint density at radius 1 is 1.30 bits per heavy atom. The van der Waals surface area contributed by atoms with Gasteiger partial charge in [-0.3, -0.25) is 19.3 Å². The number of imide groups is 1. The first-order valence-corrected chi connectivity index (χ1v) is 8.62. The van der Waals surface area contributed by atoms with E-state index in [4.69, 9.17) is 10.5 Å². The van der Waals surface area contributed by atoms with E-state index < -0.39 is 41.9 Å². The van der Waals surface area contributed by atoms with E-state index >= 15 is 0 Å². The maximum Gasteiger partial charge on any atom is 0.325 e. The molecule has 2 saturated heterocycles. The van der Waals surface area contributed by atoms with Crippen molar-refractivity contribution < 1.29 is 23.9 Å². The number of nitrogens with two attached hydrogens (primary N) is 1. The first-order valence-electron chi connectivity index (χ1n) is 8.62. The molecule has 2 atom stereocenters. The van der Waals surface area contributed by atoms with Gasteiger partial charge in [-0.25, -0.2) is 4.79 Å². The third-order valence-electron chi connectivity index (χ3n) is 4.93. The Morgan fingerprint density at radius 3 is 2.59 bits per heavy atom. The molecule has 2 aliphatic rings. The summed E-state index contributed by atoms with van der Waals surface area (Å²) in [5.74, 6) is -1.60. The molecule has 9 heteroatoms. The minimum absolute atomic E-state index is 0.00699. The molecule has 3 N–H and O–H groups in total. The zero-order chi connectivity index (χ0) is 19.8. The van der Waals surface area contributed by atoms with Crippen molar-refractivity contribution in [3.63, 3.8) is 0 Å². The minimum Gasteiger partial charge on any atom is -0.367 e. The fourth-order valence-electron chi connectivity index (χ4n) is 3.21. The molecule has 0 bridgehead atoms. The van der Waals surface area contributed by atoms with Crippen LogP contribution in [0.3, 0.4) is 0 Å². The lowest BCUT2D eigenvalue weighted by Crippen LogP contribution is -2.53. The first kappa shape index (κ1) is 18.8. The molecule has 0 aliphatic carbocycles. The molecule has 3 rings (SSSR count). The number of morpholine rings is 1. The normalized spacial score (nSPS) is 25.5. The summed E-state index contributed by atoms with van der Waals surface area (Å²) < 4.78 is 5.20. The maximum absolute atomic E-state index is 12.9. The summed E-state index contributed by atoms with van der Waals surface area (Å²) >= 11 is 0. The smallest absolute Gasteiger partial charge is 0.325 e. The molecule has 2 unspecified atom stereocenters. The fourth-order valence-corrected chi connectivity index (χ4v) is 3.21. The highest BCUT2D eigenvalue weighted by Crippen LogP contribution is 2.29. The summed E-state index contributed by atoms with van der Waals surface area (Å²) in [6, 6.07) is 6.63. The van der Waals surface area contributed by atoms with Crippen molar-refractivity contribution in [1.82, 2.24) is 15.1 Å². The molecular weight excluding hydrogens is 352 g/mol. The molecule has 0 saturated carbocycles. The predicted molar refractivity (Wildman–Crippen MR) is 94.3 cm³/mol. The summed E-state index contributed by atoms with van der Waals surface area (Å²) in [7, 11) is 0. The highest BCUT2D eigenvalue weighted by atomic mass is 16.5. The number of primary amides is 1. The number of urea groups is 1. The van der Waals surface area contributed by atoms with Crippen LogP contribution in [0.4, 0.5) is 4.79 Å². The standard InChI is InChI=1S/C18H22N4O5/c1-11-3-5-12(6-4-11)18(2)16(25)22(17(26)20-18)10-14(23)21-7-8-27-13(9-21)15(19)24/h3-6,13H,7-10H2,1-2H3,(H2,19,24)(H,20,26). The van der Waals surface area contributed by atoms with Crippen LogP contribution in [0.2, 0.25) is 0 Å². The Balaban J connectivity index is 1.73. The lowest BCUT2D eigenvalue weighted by Gasteiger charge is -2.32. The van der Waals surface area contributed by atoms with E-state index in [1.807, 2.05) is 19.1 Å². The molecule has 0 spiro atoms. The van der Waals surface area contributed by atoms with Gasteiger partial charge < -0.3 is 20.7 Å². The number of nitrogens with one attached hydrogen (secondary N) is 1. The summed E-state index contributed by atoms with van der Waals surface area (Å²) in [5.41, 5.74) is 5.66. The van der Waals surface area contributed by atoms with Crippen LogP contribution in [0.25, 0.3) is 0 Å². The molecule has 1 aromatic carbocycles. The number of aryl methyl sites for hydroxylation is 1. The van der Waals surface area contributed by atoms with E-state index in [2.05, 4.69) is 5.32 Å². The Morgan fingerprint density at radius 2 is 1.96 bits per heavy atom. The van der Waals surface area contributed by atoms with Gasteiger partial charge in [-0.15, -0.1) is 0 Å². The molecule has 144 valence electrons. The van der Waals surface area contributed by atoms with E-state index in [0.717, 1.165) is 10.5 Å². The van der Waals surface area contributed by atoms with Crippen molar-refractivity contribution in [2.75, 3.05) is 26.2 Å². The highest BCUT2D eigenvalue weighted by molar-refractivity contribution is 6.09. The molecule has 5 amide bonds. The van der Waals surface area contributed by atoms with Crippen LogP contribution in [0.15, 0.2) is 24.3 Å². The fraction of sp³-hybridized carbons (Fsp3) is 0.444. The van der Waals surface area contributed by atoms with Gasteiger partial charge in [0.15, 0.2) is 6.10 Å². The molecule has 2 heterocycles. The number of rotatable bonds is 4. The van der Waals surface area contributed by atoms with Crippen molar-refractivity contribution in [2.45, 2.75) is 25.5 Å². The lowest BCUT2D eigenvalue weighted by molar-refractivity contribution is -0.148. The van der Waals surface area contributed by atoms with Crippen LogP contribution in [-0.2, 0) is 24.7 Å². The molecule has 27 heavy (non-hydrogen) atoms. The predicted octanol–water partition coefficient (Wildman–Crippen LogP) is -0.525. The van der Waals surface area contributed by atoms with Gasteiger partial charge in [-0.05, 0) is 19.4 Å². The Bertz CT molecular complexity index is 793. The van der Waals surface area contributed by atoms with Gasteiger partial charge in [-0.2, -0.15) is 0 Å². The third kappa shape index (κ3) is 3.50. The van der Waals surface area contributed by atoms with Gasteiger partial charge >= 0.3 is 6.03 Å². The number of carbonyl (C=O) groups excluding carboxylic acids is 4. The highest BCUT2D eigenvalue weighted by Gasteiger charge is 2.49. The van der Waals surface area contributed by atoms with Crippen LogP contribution >= 0.6 is 0 Å². The van der Waals surface area contributed by atoms with E-state index in [1.54, 1.807) is 19.1 Å². The second-order valence-corrected chi connectivity index (χ2v) is 6.91. The van der Waals surface area contributed by atoms with Crippen molar-refractivity contribution in [1.29, 1.82) is 0 Å². The van der Waals surface area contributed by atoms with Gasteiger partial charge in [-0.1, -0.05) is 29.8 Å². The van der Waals surface area contributed by atoms with Crippen LogP contribution in [0.5, 0.6) is 0 Å². The van der Waals surface area contributed by atoms with Crippen LogP contribution in [0.1, 0.15) is 18.1 Å². The van der Waals surface area contributed by atoms with E-state index in [1.165, 1.54) is 4.90 Å². The van der Waals surface area contributed by atoms with Crippen LogP contribution < -0.4 is 11.1 Å². The molecule has 0 aromatic heterocycles. The largest absolute Gasteiger partial charge is 0.367 e. The van der Waals surface area contributed by atoms with Gasteiger partial charge in [0.2, 0.25) is 11.8 Å². The topological polar surface area (TPSA) is 122 Å². The van der Waals surface area contributed by atoms with Gasteiger partial charge in [0, 0.05) is 6.54 Å². The molecule has 9 nitrogen and oxygen atoms in total. The van der Waals surface area contributed by atoms with Crippen LogP contribution in [-0.4, -0.2) is 65.9 Å². The maximum atomic E-state index is 12.9. The molecule has 1 aromatic rings. The molecular formula is C18H22N4O5. The SMILES string of the molecule is Cc1ccc(C2(C)NC(=O)N(CC(=O)N3CCOC(C(N)=O)C3)C2=O)cc1. The summed E-state index contributed by atoms with van der Waals surface area (Å²) in [5, 5.41) is 2.67. The third-order valence-corrected chi connectivity index (χ3v) is 4.93. The zero-order valence-electron chi connectivity index (χ0n) is 15.2. The van der Waals surface area contributed by atoms with Crippen molar-refractivity contribution in [3.05, 3.63) is 35.4 Å². The monoisotopic (exact) mass is 374 g/mol. The average molecular weight is 374 g/mol. The number of amides is 5. The number of ether oxygens (including phenoxy) is 1. The lowest BCUT2D eigenvalue weighted by atomic mass is 9.91. The number of hydrogen-bond acceptors (Lipinski definition) is 5. The van der Waals surface area contributed by atoms with Crippen molar-refractivity contribution in [3.8, 4) is 0 Å². The van der Waals surface area contributed by atoms with Crippen LogP contribution in [0, 0.1) is 6.92 Å². The second-order valence-electron chi connectivity index (χ2n) is 6.91. The number of carbonyl (C=O) groups is 4. The van der Waals surface area contributed by atoms with Crippen molar-refractivity contribution >= 4 is 23.8 Å². The zero-order valence-corrected chi connectivity index (χ0v) is 15.2. The van der Waals surface area contributed by atoms with Gasteiger partial charge in [0.1, 0.15) is 12.1 Å².